The Hall–Kier alpha value is -3.89. The summed E-state index contributed by atoms with van der Waals surface area (Å²) < 4.78 is 13.6. The number of nitrogens with one attached hydrogen (secondary N) is 1. The number of nitrogens with zero attached hydrogens (tertiary/aromatic N) is 4. The average molecular weight is 505 g/mol. The van der Waals surface area contributed by atoms with Crippen molar-refractivity contribution < 1.29 is 14.3 Å². The summed E-state index contributed by atoms with van der Waals surface area (Å²) in [5.41, 5.74) is 1.54. The molecule has 0 saturated carbocycles. The van der Waals surface area contributed by atoms with Crippen LogP contribution >= 0.6 is 0 Å². The van der Waals surface area contributed by atoms with E-state index in [2.05, 4.69) is 20.0 Å². The van der Waals surface area contributed by atoms with Gasteiger partial charge in [0.25, 0.3) is 11.5 Å². The van der Waals surface area contributed by atoms with Crippen molar-refractivity contribution in [2.24, 2.45) is 15.9 Å². The van der Waals surface area contributed by atoms with Gasteiger partial charge in [0.05, 0.1) is 23.6 Å². The molecule has 2 aliphatic rings. The first-order valence-electron chi connectivity index (χ1n) is 12.4. The molecule has 0 radical (unpaired) electrons. The van der Waals surface area contributed by atoms with Gasteiger partial charge in [0.15, 0.2) is 0 Å². The number of nitrogens with two attached hydrogens (primary N) is 1. The minimum absolute atomic E-state index is 0.0192. The topological polar surface area (TPSA) is 127 Å². The predicted octanol–water partition coefficient (Wildman–Crippen LogP) is 2.40. The number of aliphatic imine (C=N–C) groups is 1. The van der Waals surface area contributed by atoms with Gasteiger partial charge in [-0.25, -0.2) is 4.39 Å². The Morgan fingerprint density at radius 2 is 1.84 bits per heavy atom. The van der Waals surface area contributed by atoms with E-state index in [-0.39, 0.29) is 23.3 Å². The van der Waals surface area contributed by atoms with Crippen molar-refractivity contribution in [1.82, 2.24) is 14.8 Å². The summed E-state index contributed by atoms with van der Waals surface area (Å²) >= 11 is 0. The summed E-state index contributed by atoms with van der Waals surface area (Å²) in [6, 6.07) is 12.8. The fourth-order valence-electron chi connectivity index (χ4n) is 5.02. The number of pyridine rings is 1. The molecule has 2 aromatic carbocycles. The van der Waals surface area contributed by atoms with E-state index < -0.39 is 11.4 Å². The quantitative estimate of drug-likeness (QED) is 0.279. The minimum Gasteiger partial charge on any atom is -0.393 e. The number of hydrazone groups is 1. The Morgan fingerprint density at radius 1 is 1.08 bits per heavy atom. The Labute approximate surface area is 213 Å². The Kier molecular flexibility index (Phi) is 7.11. The molecular weight excluding hydrogens is 475 g/mol. The van der Waals surface area contributed by atoms with E-state index in [0.29, 0.717) is 41.3 Å². The van der Waals surface area contributed by atoms with Gasteiger partial charge in [-0.15, -0.1) is 0 Å². The van der Waals surface area contributed by atoms with Gasteiger partial charge in [-0.1, -0.05) is 0 Å². The highest BCUT2D eigenvalue weighted by atomic mass is 19.1. The highest BCUT2D eigenvalue weighted by Gasteiger charge is 2.32. The first kappa shape index (κ1) is 24.8. The first-order valence-corrected chi connectivity index (χ1v) is 12.4. The fourth-order valence-corrected chi connectivity index (χ4v) is 5.02. The van der Waals surface area contributed by atoms with E-state index in [1.54, 1.807) is 24.3 Å². The van der Waals surface area contributed by atoms with Gasteiger partial charge in [0.1, 0.15) is 11.5 Å². The molecule has 3 heterocycles. The fraction of sp³-hybridized carbons (Fsp3) is 0.333. The number of amides is 1. The zero-order valence-corrected chi connectivity index (χ0v) is 20.3. The molecule has 5 rings (SSSR count). The van der Waals surface area contributed by atoms with Crippen LogP contribution in [-0.2, 0) is 0 Å². The molecule has 2 fully saturated rings. The summed E-state index contributed by atoms with van der Waals surface area (Å²) in [5.74, 6) is 5.08. The Bertz CT molecular complexity index is 1410. The van der Waals surface area contributed by atoms with Crippen LogP contribution in [0, 0.1) is 5.82 Å². The second-order valence-corrected chi connectivity index (χ2v) is 9.52. The van der Waals surface area contributed by atoms with Crippen LogP contribution in [0.1, 0.15) is 35.2 Å². The number of benzene rings is 2. The van der Waals surface area contributed by atoms with Crippen LogP contribution < -0.4 is 11.4 Å². The molecule has 1 unspecified atom stereocenters. The molecule has 37 heavy (non-hydrogen) atoms. The highest BCUT2D eigenvalue weighted by Crippen LogP contribution is 2.23. The van der Waals surface area contributed by atoms with Crippen LogP contribution in [-0.4, -0.2) is 76.0 Å². The maximum atomic E-state index is 13.6. The van der Waals surface area contributed by atoms with E-state index in [4.69, 9.17) is 5.84 Å². The maximum absolute atomic E-state index is 13.6. The lowest BCUT2D eigenvalue weighted by molar-refractivity contribution is 0.0592. The minimum atomic E-state index is -0.421. The molecule has 0 spiro atoms. The SMILES string of the molecule is NN=C(C=Nc1ccc(C(=O)N2CCC(N3CCC(O)CC3)C2)cc1)c1cc2cc(F)ccc2[nH]c1=O. The van der Waals surface area contributed by atoms with Gasteiger partial charge in [0, 0.05) is 48.7 Å². The van der Waals surface area contributed by atoms with Gasteiger partial charge >= 0.3 is 0 Å². The number of hydrogen-bond acceptors (Lipinski definition) is 7. The van der Waals surface area contributed by atoms with Gasteiger partial charge in [-0.05, 0) is 67.8 Å². The molecule has 1 amide bonds. The van der Waals surface area contributed by atoms with E-state index in [1.165, 1.54) is 30.5 Å². The predicted molar refractivity (Wildman–Crippen MR) is 141 cm³/mol. The average Bonchev–Trinajstić information content (AvgIpc) is 3.40. The van der Waals surface area contributed by atoms with Crippen LogP contribution in [0.4, 0.5) is 10.1 Å². The molecule has 0 aliphatic carbocycles. The summed E-state index contributed by atoms with van der Waals surface area (Å²) in [6.07, 6.45) is 3.67. The maximum Gasteiger partial charge on any atom is 0.258 e. The largest absolute Gasteiger partial charge is 0.393 e. The second kappa shape index (κ2) is 10.6. The van der Waals surface area contributed by atoms with Crippen molar-refractivity contribution in [1.29, 1.82) is 0 Å². The van der Waals surface area contributed by atoms with Crippen molar-refractivity contribution in [3.63, 3.8) is 0 Å². The van der Waals surface area contributed by atoms with E-state index in [0.717, 1.165) is 32.4 Å². The van der Waals surface area contributed by atoms with Gasteiger partial charge < -0.3 is 20.8 Å². The monoisotopic (exact) mass is 504 g/mol. The molecule has 4 N–H and O–H groups in total. The van der Waals surface area contributed by atoms with E-state index >= 15 is 0 Å². The first-order chi connectivity index (χ1) is 17.9. The number of rotatable bonds is 5. The molecule has 192 valence electrons. The van der Waals surface area contributed by atoms with Crippen molar-refractivity contribution in [3.8, 4) is 0 Å². The number of carbonyl (C=O) groups excluding carboxylic acids is 1. The van der Waals surface area contributed by atoms with Crippen molar-refractivity contribution >= 4 is 34.4 Å². The number of aliphatic hydroxyl groups is 1. The van der Waals surface area contributed by atoms with Gasteiger partial charge in [-0.3, -0.25) is 19.5 Å². The molecule has 9 nitrogen and oxygen atoms in total. The zero-order chi connectivity index (χ0) is 25.9. The van der Waals surface area contributed by atoms with Crippen LogP contribution in [0.3, 0.4) is 0 Å². The number of likely N-dealkylation sites (tertiary alicyclic amines) is 2. The molecule has 2 aliphatic heterocycles. The number of aromatic amines is 1. The summed E-state index contributed by atoms with van der Waals surface area (Å²) in [4.78, 5) is 36.9. The molecular formula is C27H29FN6O3. The van der Waals surface area contributed by atoms with Crippen LogP contribution in [0.25, 0.3) is 10.9 Å². The van der Waals surface area contributed by atoms with E-state index in [9.17, 15) is 19.1 Å². The summed E-state index contributed by atoms with van der Waals surface area (Å²) in [7, 11) is 0. The molecule has 2 saturated heterocycles. The third-order valence-corrected chi connectivity index (χ3v) is 7.14. The normalized spacial score (nSPS) is 19.8. The molecule has 1 atom stereocenters. The van der Waals surface area contributed by atoms with Crippen molar-refractivity contribution in [2.75, 3.05) is 26.2 Å². The smallest absolute Gasteiger partial charge is 0.258 e. The number of hydrogen-bond donors (Lipinski definition) is 3. The number of halogens is 1. The number of piperidine rings is 1. The number of aromatic nitrogens is 1. The third kappa shape index (κ3) is 5.45. The standard InChI is InChI=1S/C27H29FN6O3/c28-19-3-6-24-18(13-19)14-23(26(36)31-24)25(32-29)15-30-20-4-1-17(2-5-20)27(37)34-10-7-21(16-34)33-11-8-22(35)9-12-33/h1-6,13-15,21-22,35H,7-12,16,29H2,(H,31,36). The van der Waals surface area contributed by atoms with Gasteiger partial charge in [0.2, 0.25) is 0 Å². The Balaban J connectivity index is 1.25. The lowest BCUT2D eigenvalue weighted by Gasteiger charge is -2.34. The molecule has 0 bridgehead atoms. The van der Waals surface area contributed by atoms with E-state index in [1.807, 2.05) is 4.90 Å². The molecule has 10 heteroatoms. The second-order valence-electron chi connectivity index (χ2n) is 9.52. The van der Waals surface area contributed by atoms with Crippen molar-refractivity contribution in [3.05, 3.63) is 75.8 Å². The van der Waals surface area contributed by atoms with Gasteiger partial charge in [-0.2, -0.15) is 5.10 Å². The summed E-state index contributed by atoms with van der Waals surface area (Å²) in [6.45, 7) is 3.14. The summed E-state index contributed by atoms with van der Waals surface area (Å²) in [5, 5.41) is 13.9. The van der Waals surface area contributed by atoms with Crippen molar-refractivity contribution in [2.45, 2.75) is 31.4 Å². The Morgan fingerprint density at radius 3 is 2.57 bits per heavy atom. The number of fused-ring (bicyclic) bond motifs is 1. The number of aliphatic hydroxyl groups excluding tert-OH is 1. The zero-order valence-electron chi connectivity index (χ0n) is 20.3. The lowest BCUT2D eigenvalue weighted by atomic mass is 10.1. The number of carbonyl (C=O) groups is 1. The molecule has 3 aromatic rings. The van der Waals surface area contributed by atoms with Crippen LogP contribution in [0.2, 0.25) is 0 Å². The van der Waals surface area contributed by atoms with Crippen LogP contribution in [0.15, 0.2) is 63.4 Å². The highest BCUT2D eigenvalue weighted by molar-refractivity contribution is 6.38. The van der Waals surface area contributed by atoms with Crippen LogP contribution in [0.5, 0.6) is 0 Å². The molecule has 1 aromatic heterocycles. The third-order valence-electron chi connectivity index (χ3n) is 7.14. The lowest BCUT2D eigenvalue weighted by Crippen LogP contribution is -2.44. The number of H-pyrrole nitrogens is 1.